The molecule has 126 valence electrons. The van der Waals surface area contributed by atoms with Crippen LogP contribution < -0.4 is 10.6 Å². The van der Waals surface area contributed by atoms with E-state index in [0.29, 0.717) is 18.9 Å². The molecule has 0 atom stereocenters. The molecule has 0 bridgehead atoms. The molecule has 1 aliphatic heterocycles. The first-order chi connectivity index (χ1) is 11.0. The number of aromatic nitrogens is 2. The molecule has 1 aromatic rings. The third-order valence-electron chi connectivity index (χ3n) is 4.42. The van der Waals surface area contributed by atoms with Crippen LogP contribution >= 0.6 is 0 Å². The first-order valence-corrected chi connectivity index (χ1v) is 7.98. The van der Waals surface area contributed by atoms with Crippen LogP contribution in [-0.2, 0) is 0 Å². The summed E-state index contributed by atoms with van der Waals surface area (Å²) in [7, 11) is 0. The molecule has 2 heterocycles. The van der Waals surface area contributed by atoms with Crippen molar-refractivity contribution >= 4 is 11.9 Å². The van der Waals surface area contributed by atoms with E-state index in [1.807, 2.05) is 4.90 Å². The summed E-state index contributed by atoms with van der Waals surface area (Å²) in [6, 6.07) is 1.79. The van der Waals surface area contributed by atoms with Crippen molar-refractivity contribution in [3.63, 3.8) is 0 Å². The molecular weight excluding hydrogens is 302 g/mol. The summed E-state index contributed by atoms with van der Waals surface area (Å²) in [5.41, 5.74) is 6.01. The van der Waals surface area contributed by atoms with E-state index in [0.717, 1.165) is 32.1 Å². The third kappa shape index (κ3) is 4.05. The van der Waals surface area contributed by atoms with Crippen molar-refractivity contribution < 1.29 is 8.78 Å². The summed E-state index contributed by atoms with van der Waals surface area (Å²) >= 11 is 0. The Morgan fingerprint density at radius 1 is 1.22 bits per heavy atom. The molecule has 2 fully saturated rings. The molecule has 1 aromatic heterocycles. The van der Waals surface area contributed by atoms with Crippen molar-refractivity contribution in [3.8, 4) is 0 Å². The lowest BCUT2D eigenvalue weighted by Gasteiger charge is -2.36. The summed E-state index contributed by atoms with van der Waals surface area (Å²) in [5, 5.41) is 0. The minimum Gasteiger partial charge on any atom is -0.370 e. The van der Waals surface area contributed by atoms with E-state index in [1.165, 1.54) is 0 Å². The molecule has 0 amide bonds. The van der Waals surface area contributed by atoms with E-state index < -0.39 is 5.92 Å². The summed E-state index contributed by atoms with van der Waals surface area (Å²) in [5.74, 6) is -1.12. The second kappa shape index (κ2) is 6.64. The highest BCUT2D eigenvalue weighted by atomic mass is 19.3. The number of halogens is 2. The average molecular weight is 324 g/mol. The van der Waals surface area contributed by atoms with Crippen molar-refractivity contribution in [1.29, 1.82) is 0 Å². The van der Waals surface area contributed by atoms with Crippen LogP contribution in [0.5, 0.6) is 0 Å². The minimum absolute atomic E-state index is 0.00181. The average Bonchev–Trinajstić information content (AvgIpc) is 2.54. The molecule has 1 saturated carbocycles. The molecule has 0 aromatic carbocycles. The maximum atomic E-state index is 12.8. The monoisotopic (exact) mass is 324 g/mol. The highest BCUT2D eigenvalue weighted by molar-refractivity contribution is 5.78. The lowest BCUT2D eigenvalue weighted by molar-refractivity contribution is -0.111. The second-order valence-electron chi connectivity index (χ2n) is 6.18. The van der Waals surface area contributed by atoms with Gasteiger partial charge in [-0.3, -0.25) is 4.99 Å². The second-order valence-corrected chi connectivity index (χ2v) is 6.18. The molecule has 0 spiro atoms. The van der Waals surface area contributed by atoms with Crippen molar-refractivity contribution in [2.75, 3.05) is 37.6 Å². The Morgan fingerprint density at radius 3 is 2.48 bits per heavy atom. The molecule has 6 nitrogen and oxygen atoms in total. The number of nitrogens with zero attached hydrogens (tertiary/aromatic N) is 5. The number of piperazine rings is 1. The van der Waals surface area contributed by atoms with Gasteiger partial charge in [0.05, 0.1) is 0 Å². The SMILES string of the molecule is NC(=NCCC1CC(F)(F)C1)N1CCN(c2ncccn2)CC1. The number of anilines is 1. The van der Waals surface area contributed by atoms with E-state index in [4.69, 9.17) is 5.73 Å². The maximum absolute atomic E-state index is 12.8. The van der Waals surface area contributed by atoms with Crippen molar-refractivity contribution in [1.82, 2.24) is 14.9 Å². The molecular formula is C15H22F2N6. The van der Waals surface area contributed by atoms with E-state index in [9.17, 15) is 8.78 Å². The molecule has 23 heavy (non-hydrogen) atoms. The number of rotatable bonds is 4. The van der Waals surface area contributed by atoms with Gasteiger partial charge in [0.1, 0.15) is 0 Å². The quantitative estimate of drug-likeness (QED) is 0.669. The van der Waals surface area contributed by atoms with Crippen molar-refractivity contribution in [2.45, 2.75) is 25.2 Å². The van der Waals surface area contributed by atoms with Gasteiger partial charge in [-0.15, -0.1) is 0 Å². The van der Waals surface area contributed by atoms with Gasteiger partial charge in [0, 0.05) is 58.0 Å². The Morgan fingerprint density at radius 2 is 1.87 bits per heavy atom. The first-order valence-electron chi connectivity index (χ1n) is 7.98. The zero-order valence-electron chi connectivity index (χ0n) is 13.0. The normalized spacial score (nSPS) is 22.1. The lowest BCUT2D eigenvalue weighted by Crippen LogP contribution is -2.51. The molecule has 0 unspecified atom stereocenters. The van der Waals surface area contributed by atoms with Crippen LogP contribution in [0, 0.1) is 5.92 Å². The molecule has 3 rings (SSSR count). The van der Waals surface area contributed by atoms with Gasteiger partial charge < -0.3 is 15.5 Å². The van der Waals surface area contributed by atoms with Gasteiger partial charge in [-0.05, 0) is 18.4 Å². The zero-order chi connectivity index (χ0) is 16.3. The Labute approximate surface area is 134 Å². The molecule has 2 N–H and O–H groups in total. The minimum atomic E-state index is -2.45. The van der Waals surface area contributed by atoms with Crippen LogP contribution in [0.2, 0.25) is 0 Å². The summed E-state index contributed by atoms with van der Waals surface area (Å²) in [6.45, 7) is 3.61. The Kier molecular flexibility index (Phi) is 4.58. The molecule has 0 radical (unpaired) electrons. The third-order valence-corrected chi connectivity index (χ3v) is 4.42. The summed E-state index contributed by atoms with van der Waals surface area (Å²) < 4.78 is 25.5. The predicted octanol–water partition coefficient (Wildman–Crippen LogP) is 1.35. The Hall–Kier alpha value is -1.99. The van der Waals surface area contributed by atoms with E-state index >= 15 is 0 Å². The first kappa shape index (κ1) is 15.9. The zero-order valence-corrected chi connectivity index (χ0v) is 13.0. The van der Waals surface area contributed by atoms with Crippen LogP contribution in [0.3, 0.4) is 0 Å². The highest BCUT2D eigenvalue weighted by Gasteiger charge is 2.44. The molecule has 2 aliphatic rings. The Balaban J connectivity index is 1.41. The largest absolute Gasteiger partial charge is 0.370 e. The number of guanidine groups is 1. The van der Waals surface area contributed by atoms with E-state index in [2.05, 4.69) is 19.9 Å². The molecule has 1 saturated heterocycles. The predicted molar refractivity (Wildman–Crippen MR) is 84.6 cm³/mol. The van der Waals surface area contributed by atoms with Crippen LogP contribution in [0.15, 0.2) is 23.5 Å². The van der Waals surface area contributed by atoms with Crippen LogP contribution in [0.25, 0.3) is 0 Å². The van der Waals surface area contributed by atoms with E-state index in [1.54, 1.807) is 18.5 Å². The fraction of sp³-hybridized carbons (Fsp3) is 0.667. The van der Waals surface area contributed by atoms with Crippen molar-refractivity contribution in [3.05, 3.63) is 18.5 Å². The van der Waals surface area contributed by atoms with Crippen LogP contribution in [0.4, 0.5) is 14.7 Å². The standard InChI is InChI=1S/C15H22F2N6/c16-15(17)10-12(11-15)2-5-19-13(18)22-6-8-23(9-7-22)14-20-3-1-4-21-14/h1,3-4,12H,2,5-11H2,(H2,18,19). The van der Waals surface area contributed by atoms with Gasteiger partial charge in [-0.25, -0.2) is 18.7 Å². The number of aliphatic imine (C=N–C) groups is 1. The van der Waals surface area contributed by atoms with Gasteiger partial charge in [-0.2, -0.15) is 0 Å². The summed E-state index contributed by atoms with van der Waals surface area (Å²) in [4.78, 5) is 17.0. The Bertz CT molecular complexity index is 534. The van der Waals surface area contributed by atoms with E-state index in [-0.39, 0.29) is 18.8 Å². The number of alkyl halides is 2. The van der Waals surface area contributed by atoms with Gasteiger partial charge >= 0.3 is 0 Å². The van der Waals surface area contributed by atoms with Crippen LogP contribution in [0.1, 0.15) is 19.3 Å². The van der Waals surface area contributed by atoms with Crippen LogP contribution in [-0.4, -0.2) is 59.5 Å². The number of hydrogen-bond acceptors (Lipinski definition) is 4. The molecule has 8 heteroatoms. The number of nitrogens with two attached hydrogens (primary N) is 1. The number of hydrogen-bond donors (Lipinski definition) is 1. The fourth-order valence-corrected chi connectivity index (χ4v) is 3.04. The molecule has 1 aliphatic carbocycles. The van der Waals surface area contributed by atoms with Gasteiger partial charge in [0.25, 0.3) is 0 Å². The van der Waals surface area contributed by atoms with Gasteiger partial charge in [-0.1, -0.05) is 0 Å². The van der Waals surface area contributed by atoms with Gasteiger partial charge in [0.15, 0.2) is 5.96 Å². The maximum Gasteiger partial charge on any atom is 0.248 e. The highest BCUT2D eigenvalue weighted by Crippen LogP contribution is 2.43. The smallest absolute Gasteiger partial charge is 0.248 e. The lowest BCUT2D eigenvalue weighted by atomic mass is 9.79. The fourth-order valence-electron chi connectivity index (χ4n) is 3.04. The summed E-state index contributed by atoms with van der Waals surface area (Å²) in [6.07, 6.45) is 4.15. The van der Waals surface area contributed by atoms with Gasteiger partial charge in [0.2, 0.25) is 11.9 Å². The van der Waals surface area contributed by atoms with Crippen molar-refractivity contribution in [2.24, 2.45) is 16.6 Å². The topological polar surface area (TPSA) is 70.6 Å².